The Balaban J connectivity index is 2.13. The van der Waals surface area contributed by atoms with E-state index in [0.717, 1.165) is 15.8 Å². The van der Waals surface area contributed by atoms with E-state index in [9.17, 15) is 9.59 Å². The van der Waals surface area contributed by atoms with E-state index >= 15 is 0 Å². The van der Waals surface area contributed by atoms with Gasteiger partial charge < -0.3 is 10.2 Å². The van der Waals surface area contributed by atoms with Crippen LogP contribution in [0, 0.1) is 5.92 Å². The van der Waals surface area contributed by atoms with Gasteiger partial charge in [-0.05, 0) is 24.1 Å². The first kappa shape index (κ1) is 15.4. The topological polar surface area (TPSA) is 49.4 Å². The summed E-state index contributed by atoms with van der Waals surface area (Å²) in [4.78, 5) is 25.0. The molecule has 4 nitrogen and oxygen atoms in total. The third-order valence-corrected chi connectivity index (χ3v) is 4.78. The number of nitrogens with one attached hydrogen (secondary N) is 1. The van der Waals surface area contributed by atoms with Gasteiger partial charge >= 0.3 is 0 Å². The highest BCUT2D eigenvalue weighted by Crippen LogP contribution is 2.34. The Morgan fingerprint density at radius 1 is 1.55 bits per heavy atom. The number of nitrogens with zero attached hydrogens (tertiary/aromatic N) is 1. The molecule has 0 radical (unpaired) electrons. The van der Waals surface area contributed by atoms with E-state index in [2.05, 4.69) is 21.2 Å². The van der Waals surface area contributed by atoms with E-state index in [-0.39, 0.29) is 16.9 Å². The molecule has 1 saturated heterocycles. The van der Waals surface area contributed by atoms with Crippen molar-refractivity contribution in [3.8, 4) is 0 Å². The minimum atomic E-state index is 0.107. The second-order valence-electron chi connectivity index (χ2n) is 4.79. The van der Waals surface area contributed by atoms with Gasteiger partial charge in [0.15, 0.2) is 5.12 Å². The van der Waals surface area contributed by atoms with Crippen LogP contribution in [-0.2, 0) is 9.59 Å². The predicted molar refractivity (Wildman–Crippen MR) is 87.3 cm³/mol. The third kappa shape index (κ3) is 3.55. The molecule has 0 aliphatic carbocycles. The molecular weight excluding hydrogens is 340 g/mol. The number of anilines is 2. The number of rotatable bonds is 4. The summed E-state index contributed by atoms with van der Waals surface area (Å²) in [6.45, 7) is 2.24. The van der Waals surface area contributed by atoms with E-state index in [4.69, 9.17) is 0 Å². The smallest absolute Gasteiger partial charge is 0.227 e. The van der Waals surface area contributed by atoms with Gasteiger partial charge in [0.2, 0.25) is 5.91 Å². The number of carbonyl (C=O) groups excluding carboxylic acids is 2. The van der Waals surface area contributed by atoms with E-state index in [1.807, 2.05) is 30.1 Å². The van der Waals surface area contributed by atoms with Crippen molar-refractivity contribution in [2.75, 3.05) is 29.6 Å². The normalized spacial score (nSPS) is 18.4. The molecule has 108 valence electrons. The fraction of sp³-hybridized carbons (Fsp3) is 0.429. The molecule has 0 aromatic heterocycles. The lowest BCUT2D eigenvalue weighted by molar-refractivity contribution is -0.117. The second kappa shape index (κ2) is 6.63. The molecule has 6 heteroatoms. The zero-order valence-electron chi connectivity index (χ0n) is 11.5. The van der Waals surface area contributed by atoms with Crippen LogP contribution >= 0.6 is 27.7 Å². The summed E-state index contributed by atoms with van der Waals surface area (Å²) in [5, 5.41) is 3.22. The van der Waals surface area contributed by atoms with Crippen molar-refractivity contribution in [2.24, 2.45) is 5.92 Å². The lowest BCUT2D eigenvalue weighted by Crippen LogP contribution is -2.25. The van der Waals surface area contributed by atoms with Gasteiger partial charge in [-0.1, -0.05) is 27.7 Å². The maximum atomic E-state index is 12.2. The monoisotopic (exact) mass is 356 g/mol. The highest BCUT2D eigenvalue weighted by molar-refractivity contribution is 9.10. The van der Waals surface area contributed by atoms with Crippen LogP contribution in [0.3, 0.4) is 0 Å². The molecule has 1 N–H and O–H groups in total. The van der Waals surface area contributed by atoms with E-state index in [1.54, 1.807) is 6.92 Å². The zero-order chi connectivity index (χ0) is 14.7. The standard InChI is InChI=1S/C14H17BrN2O2S/c1-9(18)20-8-10-5-14(19)17(7-10)13-4-3-11(15)6-12(13)16-2/h3-4,6,10,16H,5,7-8H2,1-2H3. The van der Waals surface area contributed by atoms with Crippen molar-refractivity contribution in [3.05, 3.63) is 22.7 Å². The average Bonchev–Trinajstić information content (AvgIpc) is 2.77. The first-order chi connectivity index (χ1) is 9.51. The molecule has 2 rings (SSSR count). The van der Waals surface area contributed by atoms with Crippen LogP contribution in [0.15, 0.2) is 22.7 Å². The van der Waals surface area contributed by atoms with Gasteiger partial charge in [0.1, 0.15) is 0 Å². The number of benzene rings is 1. The quantitative estimate of drug-likeness (QED) is 0.900. The van der Waals surface area contributed by atoms with Crippen molar-refractivity contribution in [1.29, 1.82) is 0 Å². The summed E-state index contributed by atoms with van der Waals surface area (Å²) in [7, 11) is 1.84. The molecule has 0 saturated carbocycles. The van der Waals surface area contributed by atoms with Gasteiger partial charge in [-0.15, -0.1) is 0 Å². The summed E-state index contributed by atoms with van der Waals surface area (Å²) < 4.78 is 0.973. The number of halogens is 1. The second-order valence-corrected chi connectivity index (χ2v) is 6.90. The molecule has 1 unspecified atom stereocenters. The van der Waals surface area contributed by atoms with Gasteiger partial charge in [0, 0.05) is 37.2 Å². The van der Waals surface area contributed by atoms with Crippen molar-refractivity contribution in [2.45, 2.75) is 13.3 Å². The van der Waals surface area contributed by atoms with Gasteiger partial charge in [-0.2, -0.15) is 0 Å². The molecule has 1 heterocycles. The summed E-state index contributed by atoms with van der Waals surface area (Å²) in [6.07, 6.45) is 0.513. The van der Waals surface area contributed by atoms with Crippen LogP contribution in [0.5, 0.6) is 0 Å². The van der Waals surface area contributed by atoms with Gasteiger partial charge in [0.25, 0.3) is 0 Å². The molecule has 1 aromatic carbocycles. The van der Waals surface area contributed by atoms with Crippen LogP contribution in [-0.4, -0.2) is 30.4 Å². The highest BCUT2D eigenvalue weighted by Gasteiger charge is 2.31. The Kier molecular flexibility index (Phi) is 5.10. The van der Waals surface area contributed by atoms with Crippen LogP contribution in [0.1, 0.15) is 13.3 Å². The van der Waals surface area contributed by atoms with Crippen LogP contribution in [0.4, 0.5) is 11.4 Å². The number of thioether (sulfide) groups is 1. The van der Waals surface area contributed by atoms with Crippen LogP contribution in [0.2, 0.25) is 0 Å². The Morgan fingerprint density at radius 3 is 2.95 bits per heavy atom. The molecule has 20 heavy (non-hydrogen) atoms. The van der Waals surface area contributed by atoms with Gasteiger partial charge in [-0.3, -0.25) is 9.59 Å². The molecule has 1 amide bonds. The lowest BCUT2D eigenvalue weighted by atomic mass is 10.1. The highest BCUT2D eigenvalue weighted by atomic mass is 79.9. The van der Waals surface area contributed by atoms with E-state index in [1.165, 1.54) is 11.8 Å². The van der Waals surface area contributed by atoms with E-state index in [0.29, 0.717) is 18.7 Å². The molecule has 1 aliphatic rings. The summed E-state index contributed by atoms with van der Waals surface area (Å²) >= 11 is 4.73. The Labute approximate surface area is 131 Å². The molecule has 1 fully saturated rings. The summed E-state index contributed by atoms with van der Waals surface area (Å²) in [5.74, 6) is 1.07. The number of amides is 1. The molecule has 0 spiro atoms. The van der Waals surface area contributed by atoms with Crippen LogP contribution < -0.4 is 10.2 Å². The first-order valence-electron chi connectivity index (χ1n) is 6.42. The molecular formula is C14H17BrN2O2S. The molecule has 0 bridgehead atoms. The lowest BCUT2D eigenvalue weighted by Gasteiger charge is -2.20. The first-order valence-corrected chi connectivity index (χ1v) is 8.20. The minimum absolute atomic E-state index is 0.107. The van der Waals surface area contributed by atoms with Gasteiger partial charge in [-0.25, -0.2) is 0 Å². The Hall–Kier alpha value is -1.01. The molecule has 1 aromatic rings. The SMILES string of the molecule is CNc1cc(Br)ccc1N1CC(CSC(C)=O)CC1=O. The zero-order valence-corrected chi connectivity index (χ0v) is 13.9. The Bertz CT molecular complexity index is 536. The maximum Gasteiger partial charge on any atom is 0.227 e. The fourth-order valence-electron chi connectivity index (χ4n) is 2.31. The minimum Gasteiger partial charge on any atom is -0.386 e. The van der Waals surface area contributed by atoms with Crippen molar-refractivity contribution in [1.82, 2.24) is 0 Å². The number of hydrogen-bond acceptors (Lipinski definition) is 4. The summed E-state index contributed by atoms with van der Waals surface area (Å²) in [6, 6.07) is 5.83. The largest absolute Gasteiger partial charge is 0.386 e. The fourth-order valence-corrected chi connectivity index (χ4v) is 3.36. The Morgan fingerprint density at radius 2 is 2.30 bits per heavy atom. The van der Waals surface area contributed by atoms with Crippen LogP contribution in [0.25, 0.3) is 0 Å². The third-order valence-electron chi connectivity index (χ3n) is 3.25. The van der Waals surface area contributed by atoms with Crippen molar-refractivity contribution < 1.29 is 9.59 Å². The number of carbonyl (C=O) groups is 2. The molecule has 1 aliphatic heterocycles. The number of hydrogen-bond donors (Lipinski definition) is 1. The summed E-state index contributed by atoms with van der Waals surface area (Å²) in [5.41, 5.74) is 1.82. The van der Waals surface area contributed by atoms with Crippen molar-refractivity contribution >= 4 is 50.1 Å². The van der Waals surface area contributed by atoms with Crippen molar-refractivity contribution in [3.63, 3.8) is 0 Å². The maximum absolute atomic E-state index is 12.2. The average molecular weight is 357 g/mol. The molecule has 1 atom stereocenters. The predicted octanol–water partition coefficient (Wildman–Crippen LogP) is 3.12. The van der Waals surface area contributed by atoms with Gasteiger partial charge in [0.05, 0.1) is 11.4 Å². The van der Waals surface area contributed by atoms with E-state index < -0.39 is 0 Å².